The summed E-state index contributed by atoms with van der Waals surface area (Å²) in [7, 11) is 0. The number of aryl methyl sites for hydroxylation is 1. The molecular weight excluding hydrogens is 184 g/mol. The summed E-state index contributed by atoms with van der Waals surface area (Å²) in [5.74, 6) is 0. The smallest absolute Gasteiger partial charge is 0.177 e. The van der Waals surface area contributed by atoms with Crippen molar-refractivity contribution >= 4 is 21.4 Å². The lowest BCUT2D eigenvalue weighted by Gasteiger charge is -1.95. The molecule has 2 rings (SSSR count). The maximum atomic E-state index is 9.48. The van der Waals surface area contributed by atoms with Crippen LogP contribution in [0.15, 0.2) is 18.2 Å². The molecule has 0 unspecified atom stereocenters. The zero-order chi connectivity index (χ0) is 9.42. The van der Waals surface area contributed by atoms with Crippen LogP contribution in [0.1, 0.15) is 11.1 Å². The molecule has 0 aliphatic heterocycles. The lowest BCUT2D eigenvalue weighted by molar-refractivity contribution is 0.278. The molecule has 0 bridgehead atoms. The van der Waals surface area contributed by atoms with Gasteiger partial charge in [-0.25, -0.2) is 0 Å². The number of benzene rings is 1. The third-order valence-corrected chi connectivity index (χ3v) is 3.10. The van der Waals surface area contributed by atoms with Crippen molar-refractivity contribution in [2.75, 3.05) is 0 Å². The molecule has 0 aliphatic carbocycles. The summed E-state index contributed by atoms with van der Waals surface area (Å²) in [5.41, 5.74) is 1.78. The number of hydrogen-bond acceptors (Lipinski definition) is 3. The first-order valence-corrected chi connectivity index (χ1v) is 4.86. The van der Waals surface area contributed by atoms with Gasteiger partial charge in [0, 0.05) is 15.6 Å². The Hall–Kier alpha value is -1.06. The molecule has 0 radical (unpaired) electrons. The van der Waals surface area contributed by atoms with Gasteiger partial charge in [-0.3, -0.25) is 0 Å². The van der Waals surface area contributed by atoms with Gasteiger partial charge in [-0.2, -0.15) is 0 Å². The second kappa shape index (κ2) is 3.01. The summed E-state index contributed by atoms with van der Waals surface area (Å²) < 4.78 is 1.02. The van der Waals surface area contributed by atoms with Crippen molar-refractivity contribution in [3.8, 4) is 5.06 Å². The largest absolute Gasteiger partial charge is 0.499 e. The highest BCUT2D eigenvalue weighted by Gasteiger charge is 2.09. The molecule has 0 aliphatic rings. The second-order valence-corrected chi connectivity index (χ2v) is 4.07. The fourth-order valence-electron chi connectivity index (χ4n) is 1.40. The number of rotatable bonds is 1. The predicted octanol–water partition coefficient (Wildman–Crippen LogP) is 2.41. The van der Waals surface area contributed by atoms with Gasteiger partial charge in [-0.15, -0.1) is 0 Å². The average molecular weight is 194 g/mol. The fraction of sp³-hybridized carbons (Fsp3) is 0.200. The van der Waals surface area contributed by atoms with Gasteiger partial charge in [0.15, 0.2) is 5.06 Å². The monoisotopic (exact) mass is 194 g/mol. The van der Waals surface area contributed by atoms with Gasteiger partial charge in [0.1, 0.15) is 0 Å². The van der Waals surface area contributed by atoms with E-state index < -0.39 is 0 Å². The van der Waals surface area contributed by atoms with E-state index in [1.807, 2.05) is 25.1 Å². The van der Waals surface area contributed by atoms with Gasteiger partial charge in [-0.1, -0.05) is 29.0 Å². The van der Waals surface area contributed by atoms with Crippen LogP contribution in [0.25, 0.3) is 10.1 Å². The Bertz CT molecular complexity index is 445. The van der Waals surface area contributed by atoms with E-state index in [0.717, 1.165) is 15.6 Å². The Kier molecular flexibility index (Phi) is 1.98. The summed E-state index contributed by atoms with van der Waals surface area (Å²) in [5, 5.41) is 19.7. The first-order valence-electron chi connectivity index (χ1n) is 4.04. The molecule has 0 fully saturated rings. The third kappa shape index (κ3) is 1.30. The number of fused-ring (bicyclic) bond motifs is 1. The average Bonchev–Trinajstić information content (AvgIpc) is 2.40. The molecule has 2 aromatic rings. The molecule has 2 N–H and O–H groups in total. The summed E-state index contributed by atoms with van der Waals surface area (Å²) in [4.78, 5) is 0. The van der Waals surface area contributed by atoms with Gasteiger partial charge in [0.2, 0.25) is 0 Å². The standard InChI is InChI=1S/C10H10O2S/c1-6-2-3-9-7(4-6)8(5-11)10(12)13-9/h2-4,11-12H,5H2,1H3. The minimum absolute atomic E-state index is 0.102. The summed E-state index contributed by atoms with van der Waals surface area (Å²) in [6.45, 7) is 1.89. The van der Waals surface area contributed by atoms with Crippen LogP contribution in [0.3, 0.4) is 0 Å². The number of thiophene rings is 1. The van der Waals surface area contributed by atoms with Crippen LogP contribution in [0.4, 0.5) is 0 Å². The maximum absolute atomic E-state index is 9.48. The molecule has 1 aromatic carbocycles. The van der Waals surface area contributed by atoms with Crippen LogP contribution in [0.5, 0.6) is 5.06 Å². The quantitative estimate of drug-likeness (QED) is 0.731. The number of hydrogen-bond donors (Lipinski definition) is 2. The molecule has 68 valence electrons. The molecule has 0 spiro atoms. The van der Waals surface area contributed by atoms with Gasteiger partial charge < -0.3 is 10.2 Å². The molecule has 0 saturated carbocycles. The first kappa shape index (κ1) is 8.53. The van der Waals surface area contributed by atoms with Crippen molar-refractivity contribution in [3.05, 3.63) is 29.3 Å². The molecule has 0 saturated heterocycles. The fourth-order valence-corrected chi connectivity index (χ4v) is 2.34. The number of aliphatic hydroxyl groups excluding tert-OH is 1. The number of aliphatic hydroxyl groups is 1. The highest BCUT2D eigenvalue weighted by atomic mass is 32.1. The number of aromatic hydroxyl groups is 1. The van der Waals surface area contributed by atoms with Crippen molar-refractivity contribution in [3.63, 3.8) is 0 Å². The zero-order valence-electron chi connectivity index (χ0n) is 7.24. The van der Waals surface area contributed by atoms with Crippen molar-refractivity contribution in [2.24, 2.45) is 0 Å². The lowest BCUT2D eigenvalue weighted by atomic mass is 10.1. The van der Waals surface area contributed by atoms with Gasteiger partial charge in [0.25, 0.3) is 0 Å². The normalized spacial score (nSPS) is 10.9. The Labute approximate surface area is 80.1 Å². The van der Waals surface area contributed by atoms with Gasteiger partial charge >= 0.3 is 0 Å². The first-order chi connectivity index (χ1) is 6.22. The second-order valence-electron chi connectivity index (χ2n) is 3.04. The van der Waals surface area contributed by atoms with Crippen LogP contribution in [-0.4, -0.2) is 10.2 Å². The molecule has 0 atom stereocenters. The van der Waals surface area contributed by atoms with E-state index >= 15 is 0 Å². The Morgan fingerprint density at radius 2 is 2.15 bits per heavy atom. The molecule has 3 heteroatoms. The maximum Gasteiger partial charge on any atom is 0.177 e. The topological polar surface area (TPSA) is 40.5 Å². The zero-order valence-corrected chi connectivity index (χ0v) is 8.06. The molecule has 1 heterocycles. The SMILES string of the molecule is Cc1ccc2sc(O)c(CO)c2c1. The Balaban J connectivity index is 2.80. The highest BCUT2D eigenvalue weighted by molar-refractivity contribution is 7.20. The highest BCUT2D eigenvalue weighted by Crippen LogP contribution is 2.36. The summed E-state index contributed by atoms with van der Waals surface area (Å²) in [6.07, 6.45) is 0. The lowest BCUT2D eigenvalue weighted by Crippen LogP contribution is -1.80. The van der Waals surface area contributed by atoms with Crippen molar-refractivity contribution < 1.29 is 10.2 Å². The van der Waals surface area contributed by atoms with Crippen LogP contribution in [0.2, 0.25) is 0 Å². The van der Waals surface area contributed by atoms with Crippen molar-refractivity contribution in [1.29, 1.82) is 0 Å². The van der Waals surface area contributed by atoms with E-state index in [-0.39, 0.29) is 11.7 Å². The van der Waals surface area contributed by atoms with Crippen LogP contribution < -0.4 is 0 Å². The van der Waals surface area contributed by atoms with E-state index in [4.69, 9.17) is 5.11 Å². The van der Waals surface area contributed by atoms with E-state index in [9.17, 15) is 5.11 Å². The molecular formula is C10H10O2S. The van der Waals surface area contributed by atoms with Crippen LogP contribution in [-0.2, 0) is 6.61 Å². The summed E-state index contributed by atoms with van der Waals surface area (Å²) in [6, 6.07) is 5.95. The van der Waals surface area contributed by atoms with Gasteiger partial charge in [0.05, 0.1) is 6.61 Å². The Morgan fingerprint density at radius 1 is 1.38 bits per heavy atom. The molecule has 0 amide bonds. The van der Waals surface area contributed by atoms with Gasteiger partial charge in [-0.05, 0) is 13.0 Å². The molecule has 2 nitrogen and oxygen atoms in total. The van der Waals surface area contributed by atoms with Crippen molar-refractivity contribution in [2.45, 2.75) is 13.5 Å². The molecule has 13 heavy (non-hydrogen) atoms. The van der Waals surface area contributed by atoms with Crippen LogP contribution >= 0.6 is 11.3 Å². The van der Waals surface area contributed by atoms with E-state index in [1.54, 1.807) is 0 Å². The Morgan fingerprint density at radius 3 is 2.85 bits per heavy atom. The van der Waals surface area contributed by atoms with E-state index in [2.05, 4.69) is 0 Å². The minimum atomic E-state index is -0.102. The predicted molar refractivity (Wildman–Crippen MR) is 54.1 cm³/mol. The summed E-state index contributed by atoms with van der Waals surface area (Å²) >= 11 is 1.31. The van der Waals surface area contributed by atoms with Crippen LogP contribution in [0, 0.1) is 6.92 Å². The van der Waals surface area contributed by atoms with E-state index in [0.29, 0.717) is 5.56 Å². The molecule has 1 aromatic heterocycles. The van der Waals surface area contributed by atoms with Crippen molar-refractivity contribution in [1.82, 2.24) is 0 Å². The third-order valence-electron chi connectivity index (χ3n) is 2.08. The van der Waals surface area contributed by atoms with E-state index in [1.165, 1.54) is 11.3 Å². The minimum Gasteiger partial charge on any atom is -0.499 e.